The summed E-state index contributed by atoms with van der Waals surface area (Å²) in [4.78, 5) is 28.9. The topological polar surface area (TPSA) is 107 Å². The van der Waals surface area contributed by atoms with E-state index >= 15 is 0 Å². The van der Waals surface area contributed by atoms with Crippen LogP contribution in [-0.2, 0) is 18.5 Å². The number of hydrogen-bond acceptors (Lipinski definition) is 9. The van der Waals surface area contributed by atoms with Gasteiger partial charge in [0.15, 0.2) is 0 Å². The van der Waals surface area contributed by atoms with Gasteiger partial charge in [0, 0.05) is 70.3 Å². The number of hydrogen-bond donors (Lipinski definition) is 2. The molecule has 11 nitrogen and oxygen atoms in total. The van der Waals surface area contributed by atoms with E-state index in [9.17, 15) is 4.79 Å². The lowest BCUT2D eigenvalue weighted by Crippen LogP contribution is -2.53. The molecule has 0 unspecified atom stereocenters. The Kier molecular flexibility index (Phi) is 7.28. The van der Waals surface area contributed by atoms with Crippen molar-refractivity contribution in [2.75, 3.05) is 61.4 Å². The van der Waals surface area contributed by atoms with Crippen LogP contribution in [-0.4, -0.2) is 82.1 Å². The number of nitrogens with one attached hydrogen (secondary N) is 2. The average molecular weight is 579 g/mol. The number of aromatic nitrogens is 5. The first kappa shape index (κ1) is 27.5. The number of carbonyl (C=O) groups is 1. The quantitative estimate of drug-likeness (QED) is 0.357. The van der Waals surface area contributed by atoms with Crippen LogP contribution in [0.4, 0.5) is 17.5 Å². The van der Waals surface area contributed by atoms with Crippen molar-refractivity contribution in [3.05, 3.63) is 83.3 Å². The van der Waals surface area contributed by atoms with Gasteiger partial charge in [-0.15, -0.1) is 5.10 Å². The van der Waals surface area contributed by atoms with Crippen molar-refractivity contribution in [2.24, 2.45) is 0 Å². The fraction of sp³-hybridized carbons (Fsp3) is 0.406. The fourth-order valence-corrected chi connectivity index (χ4v) is 6.71. The minimum atomic E-state index is -0.114. The van der Waals surface area contributed by atoms with Gasteiger partial charge in [0.1, 0.15) is 11.4 Å². The predicted octanol–water partition coefficient (Wildman–Crippen LogP) is 3.22. The molecule has 0 saturated carbocycles. The molecule has 43 heavy (non-hydrogen) atoms. The summed E-state index contributed by atoms with van der Waals surface area (Å²) in [6, 6.07) is 16.8. The zero-order valence-electron chi connectivity index (χ0n) is 24.8. The van der Waals surface area contributed by atoms with Crippen LogP contribution in [0.25, 0.3) is 5.69 Å². The van der Waals surface area contributed by atoms with Gasteiger partial charge in [0.25, 0.3) is 5.91 Å². The molecule has 4 aromatic rings. The number of carbonyl (C=O) groups excluding carboxylic acids is 1. The van der Waals surface area contributed by atoms with Crippen molar-refractivity contribution in [3.8, 4) is 5.69 Å². The molecule has 2 aromatic heterocycles. The third kappa shape index (κ3) is 5.23. The molecule has 0 radical (unpaired) electrons. The molecule has 2 aromatic carbocycles. The van der Waals surface area contributed by atoms with Crippen LogP contribution in [0.15, 0.2) is 60.9 Å². The molecular formula is C32H38N10O. The number of fused-ring (bicyclic) bond motifs is 3. The molecule has 7 rings (SSSR count). The van der Waals surface area contributed by atoms with E-state index in [0.717, 1.165) is 62.5 Å². The minimum absolute atomic E-state index is 0.0876. The van der Waals surface area contributed by atoms with Gasteiger partial charge in [-0.05, 0) is 55.5 Å². The first-order valence-corrected chi connectivity index (χ1v) is 15.2. The largest absolute Gasteiger partial charge is 0.357 e. The van der Waals surface area contributed by atoms with Crippen LogP contribution in [0.3, 0.4) is 0 Å². The number of likely N-dealkylation sites (tertiary alicyclic amines) is 1. The lowest BCUT2D eigenvalue weighted by atomic mass is 9.76. The Morgan fingerprint density at radius 1 is 1.02 bits per heavy atom. The Balaban J connectivity index is 1.05. The van der Waals surface area contributed by atoms with E-state index in [1.165, 1.54) is 11.1 Å². The Labute approximate surface area is 251 Å². The molecule has 2 N–H and O–H groups in total. The van der Waals surface area contributed by atoms with Crippen molar-refractivity contribution in [1.29, 1.82) is 0 Å². The fourth-order valence-electron chi connectivity index (χ4n) is 6.71. The first-order chi connectivity index (χ1) is 21.0. The van der Waals surface area contributed by atoms with E-state index in [-0.39, 0.29) is 11.4 Å². The van der Waals surface area contributed by atoms with Gasteiger partial charge in [0.2, 0.25) is 5.95 Å². The Morgan fingerprint density at radius 2 is 1.86 bits per heavy atom. The van der Waals surface area contributed by atoms with Crippen molar-refractivity contribution in [2.45, 2.75) is 38.3 Å². The minimum Gasteiger partial charge on any atom is -0.357 e. The molecule has 0 aliphatic carbocycles. The molecule has 1 saturated heterocycles. The molecule has 3 aliphatic rings. The van der Waals surface area contributed by atoms with Gasteiger partial charge in [-0.1, -0.05) is 35.5 Å². The molecule has 0 atom stereocenters. The molecule has 11 heteroatoms. The lowest BCUT2D eigenvalue weighted by Gasteiger charge is -2.46. The molecule has 3 aliphatic heterocycles. The van der Waals surface area contributed by atoms with E-state index in [0.29, 0.717) is 37.0 Å². The van der Waals surface area contributed by atoms with Crippen LogP contribution >= 0.6 is 0 Å². The lowest BCUT2D eigenvalue weighted by molar-refractivity contribution is 0.0989. The SMILES string of the molecule is CCNc1ncc2c(n1)N(C)CCN(c1cccc(-n3cc(CN4CCC5(CC4)NCCc4ccccc45)nn3)c1)C2=O. The summed E-state index contributed by atoms with van der Waals surface area (Å²) in [6.07, 6.45) is 6.90. The van der Waals surface area contributed by atoms with Crippen molar-refractivity contribution >= 4 is 23.4 Å². The molecule has 1 spiro atoms. The van der Waals surface area contributed by atoms with Crippen molar-refractivity contribution in [1.82, 2.24) is 35.2 Å². The maximum atomic E-state index is 13.7. The van der Waals surface area contributed by atoms with Gasteiger partial charge in [-0.2, -0.15) is 4.98 Å². The van der Waals surface area contributed by atoms with E-state index < -0.39 is 0 Å². The monoisotopic (exact) mass is 578 g/mol. The van der Waals surface area contributed by atoms with Crippen LogP contribution < -0.4 is 20.4 Å². The van der Waals surface area contributed by atoms with Crippen LogP contribution in [0.1, 0.15) is 46.9 Å². The molecule has 222 valence electrons. The number of amides is 1. The number of nitrogens with zero attached hydrogens (tertiary/aromatic N) is 8. The summed E-state index contributed by atoms with van der Waals surface area (Å²) in [5.41, 5.74) is 6.16. The van der Waals surface area contributed by atoms with Crippen molar-refractivity contribution in [3.63, 3.8) is 0 Å². The zero-order chi connectivity index (χ0) is 29.4. The van der Waals surface area contributed by atoms with E-state index in [1.54, 1.807) is 15.8 Å². The number of rotatable bonds is 6. The predicted molar refractivity (Wildman–Crippen MR) is 167 cm³/mol. The molecule has 1 amide bonds. The van der Waals surface area contributed by atoms with E-state index in [1.807, 2.05) is 49.3 Å². The second-order valence-electron chi connectivity index (χ2n) is 11.7. The molecule has 0 bridgehead atoms. The average Bonchev–Trinajstić information content (AvgIpc) is 3.47. The highest BCUT2D eigenvalue weighted by atomic mass is 16.2. The number of piperidine rings is 1. The Hall–Kier alpha value is -4.35. The second-order valence-corrected chi connectivity index (χ2v) is 11.7. The maximum absolute atomic E-state index is 13.7. The summed E-state index contributed by atoms with van der Waals surface area (Å²) in [6.45, 7) is 7.72. The van der Waals surface area contributed by atoms with Crippen LogP contribution in [0, 0.1) is 0 Å². The van der Waals surface area contributed by atoms with Crippen LogP contribution in [0.5, 0.6) is 0 Å². The molecule has 1 fully saturated rings. The highest BCUT2D eigenvalue weighted by Gasteiger charge is 2.39. The van der Waals surface area contributed by atoms with Gasteiger partial charge in [0.05, 0.1) is 17.6 Å². The maximum Gasteiger partial charge on any atom is 0.263 e. The third-order valence-corrected chi connectivity index (χ3v) is 9.03. The summed E-state index contributed by atoms with van der Waals surface area (Å²) < 4.78 is 1.80. The number of benzene rings is 2. The molecule has 5 heterocycles. The third-order valence-electron chi connectivity index (χ3n) is 9.03. The summed E-state index contributed by atoms with van der Waals surface area (Å²) in [5, 5.41) is 15.9. The number of likely N-dealkylation sites (N-methyl/N-ethyl adjacent to an activating group) is 1. The Morgan fingerprint density at radius 3 is 2.72 bits per heavy atom. The highest BCUT2D eigenvalue weighted by molar-refractivity contribution is 6.09. The number of anilines is 3. The van der Waals surface area contributed by atoms with E-state index in [2.05, 4.69) is 60.1 Å². The highest BCUT2D eigenvalue weighted by Crippen LogP contribution is 2.37. The smallest absolute Gasteiger partial charge is 0.263 e. The molecular weight excluding hydrogens is 540 g/mol. The van der Waals surface area contributed by atoms with Gasteiger partial charge in [-0.3, -0.25) is 9.69 Å². The zero-order valence-corrected chi connectivity index (χ0v) is 24.8. The van der Waals surface area contributed by atoms with Crippen molar-refractivity contribution < 1.29 is 4.79 Å². The van der Waals surface area contributed by atoms with Gasteiger partial charge < -0.3 is 20.4 Å². The summed E-state index contributed by atoms with van der Waals surface area (Å²) in [7, 11) is 1.96. The Bertz CT molecular complexity index is 1630. The first-order valence-electron chi connectivity index (χ1n) is 15.2. The second kappa shape index (κ2) is 11.4. The van der Waals surface area contributed by atoms with Gasteiger partial charge in [-0.25, -0.2) is 9.67 Å². The van der Waals surface area contributed by atoms with E-state index in [4.69, 9.17) is 0 Å². The standard InChI is InChI=1S/C32H38N10O/c1-3-33-31-34-20-27-29(36-31)39(2)17-18-41(30(27)43)25-8-6-9-26(19-25)42-22-24(37-38-42)21-40-15-12-32(13-16-40)28-10-5-4-7-23(28)11-14-35-32/h4-10,19-20,22,35H,3,11-18,21H2,1-2H3,(H,33,34,36). The van der Waals surface area contributed by atoms with Gasteiger partial charge >= 0.3 is 0 Å². The normalized spacial score (nSPS) is 18.3. The summed E-state index contributed by atoms with van der Waals surface area (Å²) in [5.74, 6) is 1.05. The summed E-state index contributed by atoms with van der Waals surface area (Å²) >= 11 is 0. The van der Waals surface area contributed by atoms with Crippen LogP contribution in [0.2, 0.25) is 0 Å².